The van der Waals surface area contributed by atoms with Crippen LogP contribution in [0.1, 0.15) is 103 Å². The van der Waals surface area contributed by atoms with Gasteiger partial charge in [-0.2, -0.15) is 0 Å². The summed E-state index contributed by atoms with van der Waals surface area (Å²) in [5.41, 5.74) is 0. The first-order valence-corrected chi connectivity index (χ1v) is 12.2. The number of aliphatic hydroxyl groups excluding tert-OH is 1. The van der Waals surface area contributed by atoms with E-state index in [4.69, 9.17) is 4.74 Å². The Morgan fingerprint density at radius 2 is 1.56 bits per heavy atom. The van der Waals surface area contributed by atoms with E-state index in [-0.39, 0.29) is 30.7 Å². The van der Waals surface area contributed by atoms with Gasteiger partial charge in [-0.25, -0.2) is 0 Å². The van der Waals surface area contributed by atoms with Gasteiger partial charge >= 0.3 is 11.9 Å². The van der Waals surface area contributed by atoms with Crippen molar-refractivity contribution in [1.29, 1.82) is 0 Å². The zero-order valence-corrected chi connectivity index (χ0v) is 20.4. The van der Waals surface area contributed by atoms with Crippen LogP contribution in [-0.4, -0.2) is 49.3 Å². The van der Waals surface area contributed by atoms with Gasteiger partial charge < -0.3 is 19.9 Å². The Bertz CT molecular complexity index is 535. The summed E-state index contributed by atoms with van der Waals surface area (Å²) in [7, 11) is 2.99. The number of esters is 2. The molecule has 0 aliphatic carbocycles. The molecule has 0 heterocycles. The van der Waals surface area contributed by atoms with Crippen molar-refractivity contribution < 1.29 is 29.0 Å². The minimum atomic E-state index is -0.725. The summed E-state index contributed by atoms with van der Waals surface area (Å²) in [6.45, 7) is 2.11. The molecule has 0 spiro atoms. The molecule has 0 aliphatic heterocycles. The summed E-state index contributed by atoms with van der Waals surface area (Å²) in [6.07, 6.45) is 14.5. The highest BCUT2D eigenvalue weighted by molar-refractivity contribution is 5.75. The maximum Gasteiger partial charge on any atom is 0.306 e. The zero-order chi connectivity index (χ0) is 24.0. The van der Waals surface area contributed by atoms with Gasteiger partial charge in [-0.15, -0.1) is 0 Å². The van der Waals surface area contributed by atoms with Crippen LogP contribution in [0.15, 0.2) is 12.2 Å². The van der Waals surface area contributed by atoms with Gasteiger partial charge in [0.1, 0.15) is 6.10 Å². The normalized spacial score (nSPS) is 13.0. The topological polar surface area (TPSA) is 102 Å². The Hall–Kier alpha value is -1.89. The lowest BCUT2D eigenvalue weighted by atomic mass is 10.0. The third kappa shape index (κ3) is 17.8. The molecular weight excluding hydrogens is 410 g/mol. The van der Waals surface area contributed by atoms with Gasteiger partial charge in [-0.1, -0.05) is 51.2 Å². The van der Waals surface area contributed by atoms with E-state index in [1.165, 1.54) is 7.11 Å². The Kier molecular flexibility index (Phi) is 19.7. The molecule has 0 aromatic heterocycles. The lowest BCUT2D eigenvalue weighted by molar-refractivity contribution is -0.155. The standard InChI is InChI=1S/C25H45NO6/c1-4-5-12-17-22(32-25(30)20-15-19-24(29)31-3)21(27)16-13-10-8-6-7-9-11-14-18-23(28)26-2/h10,13,21-22,27H,4-9,11-12,14-20H2,1-3H3,(H,26,28)/b13-10-. The molecule has 32 heavy (non-hydrogen) atoms. The van der Waals surface area contributed by atoms with Crippen LogP contribution in [0.5, 0.6) is 0 Å². The maximum absolute atomic E-state index is 12.1. The summed E-state index contributed by atoms with van der Waals surface area (Å²) in [5, 5.41) is 13.2. The number of ether oxygens (including phenoxy) is 2. The Morgan fingerprint density at radius 1 is 0.875 bits per heavy atom. The summed E-state index contributed by atoms with van der Waals surface area (Å²) in [4.78, 5) is 34.4. The Balaban J connectivity index is 4.16. The monoisotopic (exact) mass is 455 g/mol. The molecule has 7 heteroatoms. The summed E-state index contributed by atoms with van der Waals surface area (Å²) in [6, 6.07) is 0. The summed E-state index contributed by atoms with van der Waals surface area (Å²) in [5.74, 6) is -0.618. The first-order chi connectivity index (χ1) is 15.4. The smallest absolute Gasteiger partial charge is 0.306 e. The predicted octanol–water partition coefficient (Wildman–Crippen LogP) is 4.61. The van der Waals surface area contributed by atoms with E-state index >= 15 is 0 Å². The molecule has 0 rings (SSSR count). The third-order valence-corrected chi connectivity index (χ3v) is 5.39. The van der Waals surface area contributed by atoms with Crippen LogP contribution in [0, 0.1) is 0 Å². The molecule has 2 unspecified atom stereocenters. The van der Waals surface area contributed by atoms with Crippen LogP contribution < -0.4 is 5.32 Å². The first-order valence-electron chi connectivity index (χ1n) is 12.2. The van der Waals surface area contributed by atoms with Crippen molar-refractivity contribution in [2.75, 3.05) is 14.2 Å². The lowest BCUT2D eigenvalue weighted by Gasteiger charge is -2.22. The molecule has 2 atom stereocenters. The molecule has 1 amide bonds. The van der Waals surface area contributed by atoms with Crippen molar-refractivity contribution in [3.63, 3.8) is 0 Å². The van der Waals surface area contributed by atoms with E-state index in [1.807, 2.05) is 6.08 Å². The number of methoxy groups -OCH3 is 1. The largest absolute Gasteiger partial charge is 0.469 e. The predicted molar refractivity (Wildman–Crippen MR) is 126 cm³/mol. The van der Waals surface area contributed by atoms with Gasteiger partial charge in [0.15, 0.2) is 0 Å². The van der Waals surface area contributed by atoms with E-state index in [9.17, 15) is 19.5 Å². The number of allylic oxidation sites excluding steroid dienone is 1. The van der Waals surface area contributed by atoms with Crippen LogP contribution in [0.25, 0.3) is 0 Å². The van der Waals surface area contributed by atoms with Crippen molar-refractivity contribution >= 4 is 17.8 Å². The lowest BCUT2D eigenvalue weighted by Crippen LogP contribution is -2.31. The number of hydrogen-bond acceptors (Lipinski definition) is 6. The van der Waals surface area contributed by atoms with Gasteiger partial charge in [0.05, 0.1) is 13.2 Å². The molecule has 0 aliphatic rings. The second kappa shape index (κ2) is 21.0. The van der Waals surface area contributed by atoms with Crippen LogP contribution in [0.4, 0.5) is 0 Å². The van der Waals surface area contributed by atoms with Gasteiger partial charge in [0.25, 0.3) is 0 Å². The van der Waals surface area contributed by atoms with Crippen LogP contribution >= 0.6 is 0 Å². The van der Waals surface area contributed by atoms with Crippen molar-refractivity contribution in [1.82, 2.24) is 5.32 Å². The molecule has 186 valence electrons. The second-order valence-electron chi connectivity index (χ2n) is 8.21. The van der Waals surface area contributed by atoms with Crippen molar-refractivity contribution in [3.05, 3.63) is 12.2 Å². The van der Waals surface area contributed by atoms with Crippen LogP contribution in [0.3, 0.4) is 0 Å². The highest BCUT2D eigenvalue weighted by atomic mass is 16.6. The number of carbonyl (C=O) groups is 3. The van der Waals surface area contributed by atoms with Crippen molar-refractivity contribution in [2.45, 2.75) is 115 Å². The van der Waals surface area contributed by atoms with E-state index < -0.39 is 12.2 Å². The van der Waals surface area contributed by atoms with E-state index in [2.05, 4.69) is 23.1 Å². The van der Waals surface area contributed by atoms with Crippen molar-refractivity contribution in [2.24, 2.45) is 0 Å². The Morgan fingerprint density at radius 3 is 2.25 bits per heavy atom. The number of rotatable bonds is 20. The molecule has 0 aromatic carbocycles. The van der Waals surface area contributed by atoms with E-state index in [0.717, 1.165) is 57.8 Å². The first kappa shape index (κ1) is 30.1. The molecule has 0 fully saturated rings. The van der Waals surface area contributed by atoms with Gasteiger partial charge in [-0.3, -0.25) is 14.4 Å². The number of carbonyl (C=O) groups excluding carboxylic acids is 3. The molecule has 0 bridgehead atoms. The second-order valence-corrected chi connectivity index (χ2v) is 8.21. The highest BCUT2D eigenvalue weighted by Gasteiger charge is 2.22. The minimum Gasteiger partial charge on any atom is -0.469 e. The van der Waals surface area contributed by atoms with Crippen LogP contribution in [0.2, 0.25) is 0 Å². The number of hydrogen-bond donors (Lipinski definition) is 2. The zero-order valence-electron chi connectivity index (χ0n) is 20.4. The van der Waals surface area contributed by atoms with Gasteiger partial charge in [0.2, 0.25) is 5.91 Å². The van der Waals surface area contributed by atoms with Gasteiger partial charge in [-0.05, 0) is 44.9 Å². The fourth-order valence-corrected chi connectivity index (χ4v) is 3.34. The number of nitrogens with one attached hydrogen (secondary N) is 1. The average Bonchev–Trinajstić information content (AvgIpc) is 2.79. The molecule has 0 saturated heterocycles. The fraction of sp³-hybridized carbons (Fsp3) is 0.800. The number of amides is 1. The molecule has 0 saturated carbocycles. The fourth-order valence-electron chi connectivity index (χ4n) is 3.34. The minimum absolute atomic E-state index is 0.103. The molecular formula is C25H45NO6. The van der Waals surface area contributed by atoms with E-state index in [0.29, 0.717) is 25.7 Å². The van der Waals surface area contributed by atoms with E-state index in [1.54, 1.807) is 7.05 Å². The van der Waals surface area contributed by atoms with Crippen molar-refractivity contribution in [3.8, 4) is 0 Å². The SMILES string of the molecule is CCCCCC(OC(=O)CCCC(=O)OC)C(O)C/C=C\CCCCCCCC(=O)NC. The quantitative estimate of drug-likeness (QED) is 0.158. The summed E-state index contributed by atoms with van der Waals surface area (Å²) >= 11 is 0. The number of unbranched alkanes of at least 4 members (excludes halogenated alkanes) is 7. The maximum atomic E-state index is 12.1. The molecule has 0 radical (unpaired) electrons. The van der Waals surface area contributed by atoms with Crippen LogP contribution in [-0.2, 0) is 23.9 Å². The average molecular weight is 456 g/mol. The number of aliphatic hydroxyl groups is 1. The Labute approximate surface area is 194 Å². The molecule has 7 nitrogen and oxygen atoms in total. The summed E-state index contributed by atoms with van der Waals surface area (Å²) < 4.78 is 10.1. The third-order valence-electron chi connectivity index (χ3n) is 5.39. The highest BCUT2D eigenvalue weighted by Crippen LogP contribution is 2.16. The molecule has 0 aromatic rings. The van der Waals surface area contributed by atoms with Gasteiger partial charge in [0, 0.05) is 26.3 Å². The molecule has 2 N–H and O–H groups in total.